The van der Waals surface area contributed by atoms with Crippen LogP contribution in [0.1, 0.15) is 0 Å². The van der Waals surface area contributed by atoms with Crippen molar-refractivity contribution in [3.8, 4) is 45.4 Å². The molecule has 3 aromatic rings. The minimum Gasteiger partial charge on any atom is -0.493 e. The summed E-state index contributed by atoms with van der Waals surface area (Å²) in [6.07, 6.45) is 1.82. The monoisotopic (exact) mass is 510 g/mol. The van der Waals surface area contributed by atoms with Gasteiger partial charge in [0.25, 0.3) is 0 Å². The van der Waals surface area contributed by atoms with E-state index in [2.05, 4.69) is 37.0 Å². The van der Waals surface area contributed by atoms with Gasteiger partial charge in [0.15, 0.2) is 23.0 Å². The van der Waals surface area contributed by atoms with Gasteiger partial charge in [0.05, 0.1) is 40.3 Å². The van der Waals surface area contributed by atoms with E-state index in [1.165, 1.54) is 0 Å². The van der Waals surface area contributed by atoms with E-state index in [1.807, 2.05) is 42.2 Å². The Bertz CT molecular complexity index is 1020. The lowest BCUT2D eigenvalue weighted by Crippen LogP contribution is -1.98. The summed E-state index contributed by atoms with van der Waals surface area (Å²) in [6, 6.07) is 7.62. The molecular weight excluding hydrogens is 492 g/mol. The lowest BCUT2D eigenvalue weighted by Gasteiger charge is -2.15. The van der Waals surface area contributed by atoms with Gasteiger partial charge in [-0.1, -0.05) is 15.9 Å². The van der Waals surface area contributed by atoms with Crippen molar-refractivity contribution in [3.63, 3.8) is 0 Å². The van der Waals surface area contributed by atoms with E-state index >= 15 is 0 Å². The minimum atomic E-state index is 0.638. The van der Waals surface area contributed by atoms with E-state index in [9.17, 15) is 0 Å². The van der Waals surface area contributed by atoms with Crippen molar-refractivity contribution in [1.29, 1.82) is 0 Å². The van der Waals surface area contributed by atoms with E-state index in [0.717, 1.165) is 31.3 Å². The van der Waals surface area contributed by atoms with Crippen molar-refractivity contribution < 1.29 is 18.9 Å². The van der Waals surface area contributed by atoms with E-state index in [4.69, 9.17) is 18.9 Å². The van der Waals surface area contributed by atoms with Crippen LogP contribution in [0.5, 0.6) is 23.0 Å². The van der Waals surface area contributed by atoms with Crippen LogP contribution in [0.4, 0.5) is 0 Å². The topological polar surface area (TPSA) is 54.7 Å². The Morgan fingerprint density at radius 1 is 0.679 bits per heavy atom. The lowest BCUT2D eigenvalue weighted by atomic mass is 10.0. The molecule has 0 bridgehead atoms. The molecule has 0 N–H and O–H groups in total. The molecule has 8 heteroatoms. The summed E-state index contributed by atoms with van der Waals surface area (Å²) in [4.78, 5) is 0. The third-order valence-electron chi connectivity index (χ3n) is 4.43. The first-order valence-electron chi connectivity index (χ1n) is 8.30. The van der Waals surface area contributed by atoms with E-state index in [0.29, 0.717) is 23.0 Å². The predicted molar refractivity (Wildman–Crippen MR) is 116 cm³/mol. The normalized spacial score (nSPS) is 10.7. The van der Waals surface area contributed by atoms with Crippen LogP contribution in [0.2, 0.25) is 0 Å². The Labute approximate surface area is 180 Å². The first-order valence-corrected chi connectivity index (χ1v) is 9.89. The standard InChI is InChI=1S/C20H20Br2N2O4/c1-24-20(12-7-17(26-3)19(28-5)9-15(12)22)13(10-23-24)11-6-16(25-2)18(27-4)8-14(11)21/h6-10H,1-5H3. The lowest BCUT2D eigenvalue weighted by molar-refractivity contribution is 0.355. The molecule has 0 fully saturated rings. The number of methoxy groups -OCH3 is 4. The Morgan fingerprint density at radius 2 is 1.11 bits per heavy atom. The quantitative estimate of drug-likeness (QED) is 0.448. The maximum absolute atomic E-state index is 5.48. The second-order valence-corrected chi connectivity index (χ2v) is 7.61. The highest BCUT2D eigenvalue weighted by molar-refractivity contribution is 9.11. The molecule has 28 heavy (non-hydrogen) atoms. The smallest absolute Gasteiger partial charge is 0.161 e. The van der Waals surface area contributed by atoms with Crippen molar-refractivity contribution in [3.05, 3.63) is 39.4 Å². The number of nitrogens with zero attached hydrogens (tertiary/aromatic N) is 2. The molecule has 3 rings (SSSR count). The molecule has 1 aromatic heterocycles. The van der Waals surface area contributed by atoms with Gasteiger partial charge in [-0.15, -0.1) is 0 Å². The predicted octanol–water partition coefficient (Wildman–Crippen LogP) is 5.31. The van der Waals surface area contributed by atoms with Crippen LogP contribution in [0.15, 0.2) is 39.4 Å². The summed E-state index contributed by atoms with van der Waals surface area (Å²) in [6.45, 7) is 0. The Hall–Kier alpha value is -2.19. The Morgan fingerprint density at radius 3 is 1.61 bits per heavy atom. The van der Waals surface area contributed by atoms with Crippen LogP contribution in [0.25, 0.3) is 22.4 Å². The average Bonchev–Trinajstić information content (AvgIpc) is 3.08. The molecule has 0 amide bonds. The fourth-order valence-corrected chi connectivity index (χ4v) is 4.10. The third kappa shape index (κ3) is 3.58. The molecule has 0 aliphatic heterocycles. The first kappa shape index (κ1) is 20.5. The fraction of sp³-hybridized carbons (Fsp3) is 0.250. The summed E-state index contributed by atoms with van der Waals surface area (Å²) < 4.78 is 25.3. The summed E-state index contributed by atoms with van der Waals surface area (Å²) in [5.74, 6) is 2.58. The molecule has 0 saturated carbocycles. The highest BCUT2D eigenvalue weighted by atomic mass is 79.9. The van der Waals surface area contributed by atoms with Crippen LogP contribution in [0.3, 0.4) is 0 Å². The van der Waals surface area contributed by atoms with E-state index in [-0.39, 0.29) is 0 Å². The largest absolute Gasteiger partial charge is 0.493 e. The zero-order chi connectivity index (χ0) is 20.4. The van der Waals surface area contributed by atoms with E-state index in [1.54, 1.807) is 28.4 Å². The van der Waals surface area contributed by atoms with Crippen LogP contribution >= 0.6 is 31.9 Å². The molecule has 0 spiro atoms. The summed E-state index contributed by atoms with van der Waals surface area (Å²) in [7, 11) is 8.35. The molecule has 148 valence electrons. The summed E-state index contributed by atoms with van der Waals surface area (Å²) >= 11 is 7.29. The zero-order valence-electron chi connectivity index (χ0n) is 16.2. The molecule has 6 nitrogen and oxygen atoms in total. The molecular formula is C20H20Br2N2O4. The van der Waals surface area contributed by atoms with Crippen LogP contribution in [-0.2, 0) is 7.05 Å². The zero-order valence-corrected chi connectivity index (χ0v) is 19.3. The highest BCUT2D eigenvalue weighted by Gasteiger charge is 2.21. The third-order valence-corrected chi connectivity index (χ3v) is 5.74. The number of hydrogen-bond acceptors (Lipinski definition) is 5. The number of hydrogen-bond donors (Lipinski definition) is 0. The molecule has 0 aliphatic rings. The van der Waals surface area contributed by atoms with Gasteiger partial charge < -0.3 is 18.9 Å². The van der Waals surface area contributed by atoms with Crippen LogP contribution < -0.4 is 18.9 Å². The Kier molecular flexibility index (Phi) is 6.20. The van der Waals surface area contributed by atoms with Gasteiger partial charge >= 0.3 is 0 Å². The number of aryl methyl sites for hydroxylation is 1. The SMILES string of the molecule is COc1cc(Br)c(-c2cnn(C)c2-c2cc(OC)c(OC)cc2Br)cc1OC. The number of ether oxygens (including phenoxy) is 4. The second-order valence-electron chi connectivity index (χ2n) is 5.90. The number of benzene rings is 2. The molecule has 0 atom stereocenters. The van der Waals surface area contributed by atoms with Gasteiger partial charge in [0.1, 0.15) is 0 Å². The van der Waals surface area contributed by atoms with Crippen molar-refractivity contribution in [2.45, 2.75) is 0 Å². The molecule has 0 radical (unpaired) electrons. The number of halogens is 2. The van der Waals surface area contributed by atoms with Gasteiger partial charge in [-0.3, -0.25) is 4.68 Å². The second kappa shape index (κ2) is 8.45. The van der Waals surface area contributed by atoms with Crippen LogP contribution in [0, 0.1) is 0 Å². The summed E-state index contributed by atoms with van der Waals surface area (Å²) in [5.41, 5.74) is 3.71. The van der Waals surface area contributed by atoms with Crippen molar-refractivity contribution >= 4 is 31.9 Å². The van der Waals surface area contributed by atoms with Crippen molar-refractivity contribution in [2.75, 3.05) is 28.4 Å². The number of aromatic nitrogens is 2. The fourth-order valence-electron chi connectivity index (χ4n) is 3.05. The molecule has 0 unspecified atom stereocenters. The van der Waals surface area contributed by atoms with Gasteiger partial charge in [0, 0.05) is 32.7 Å². The van der Waals surface area contributed by atoms with Gasteiger partial charge in [-0.25, -0.2) is 0 Å². The highest BCUT2D eigenvalue weighted by Crippen LogP contribution is 2.45. The molecule has 0 aliphatic carbocycles. The maximum atomic E-state index is 5.48. The Balaban J connectivity index is 2.25. The minimum absolute atomic E-state index is 0.638. The average molecular weight is 512 g/mol. The molecule has 0 saturated heterocycles. The molecule has 2 aromatic carbocycles. The summed E-state index contributed by atoms with van der Waals surface area (Å²) in [5, 5.41) is 4.48. The van der Waals surface area contributed by atoms with E-state index < -0.39 is 0 Å². The van der Waals surface area contributed by atoms with Crippen molar-refractivity contribution in [1.82, 2.24) is 9.78 Å². The van der Waals surface area contributed by atoms with Gasteiger partial charge in [0.2, 0.25) is 0 Å². The van der Waals surface area contributed by atoms with Crippen LogP contribution in [-0.4, -0.2) is 38.2 Å². The van der Waals surface area contributed by atoms with Crippen molar-refractivity contribution in [2.24, 2.45) is 7.05 Å². The van der Waals surface area contributed by atoms with Gasteiger partial charge in [-0.05, 0) is 40.2 Å². The van der Waals surface area contributed by atoms with Gasteiger partial charge in [-0.2, -0.15) is 5.10 Å². The maximum Gasteiger partial charge on any atom is 0.161 e. The number of rotatable bonds is 6. The first-order chi connectivity index (χ1) is 13.4. The molecule has 1 heterocycles.